The fourth-order valence-electron chi connectivity index (χ4n) is 3.68. The van der Waals surface area contributed by atoms with Gasteiger partial charge < -0.3 is 19.9 Å². The standard InChI is InChI=1S/C19H29N3O2/c1-20-9-6-16-7-10-22(11-8-16)19(23)17-4-2-3-5-18(17)21-12-14-24-15-13-21/h2-5,16,20H,6-15H2,1H3. The molecule has 1 aromatic rings. The Bertz CT molecular complexity index is 535. The lowest BCUT2D eigenvalue weighted by molar-refractivity contribution is 0.0686. The predicted octanol–water partition coefficient (Wildman–Crippen LogP) is 1.98. The molecule has 3 rings (SSSR count). The molecular formula is C19H29N3O2. The van der Waals surface area contributed by atoms with E-state index in [1.807, 2.05) is 30.1 Å². The van der Waals surface area contributed by atoms with Gasteiger partial charge in [0.15, 0.2) is 0 Å². The first-order valence-corrected chi connectivity index (χ1v) is 9.15. The first-order chi connectivity index (χ1) is 11.8. The molecule has 2 fully saturated rings. The molecule has 1 aromatic carbocycles. The zero-order valence-corrected chi connectivity index (χ0v) is 14.7. The SMILES string of the molecule is CNCCC1CCN(C(=O)c2ccccc2N2CCOCC2)CC1. The number of nitrogens with one attached hydrogen (secondary N) is 1. The Hall–Kier alpha value is -1.59. The summed E-state index contributed by atoms with van der Waals surface area (Å²) in [5.74, 6) is 0.931. The van der Waals surface area contributed by atoms with E-state index in [2.05, 4.69) is 16.3 Å². The minimum absolute atomic E-state index is 0.184. The van der Waals surface area contributed by atoms with E-state index in [1.54, 1.807) is 0 Å². The molecule has 1 amide bonds. The van der Waals surface area contributed by atoms with Gasteiger partial charge in [0.2, 0.25) is 0 Å². The minimum atomic E-state index is 0.184. The highest BCUT2D eigenvalue weighted by Gasteiger charge is 2.26. The molecule has 2 heterocycles. The smallest absolute Gasteiger partial charge is 0.255 e. The number of amides is 1. The van der Waals surface area contributed by atoms with Crippen molar-refractivity contribution >= 4 is 11.6 Å². The molecule has 0 spiro atoms. The van der Waals surface area contributed by atoms with Crippen molar-refractivity contribution in [3.63, 3.8) is 0 Å². The Kier molecular flexibility index (Phi) is 6.10. The third kappa shape index (κ3) is 4.08. The first-order valence-electron chi connectivity index (χ1n) is 9.15. The number of carbonyl (C=O) groups is 1. The molecular weight excluding hydrogens is 302 g/mol. The van der Waals surface area contributed by atoms with Crippen LogP contribution >= 0.6 is 0 Å². The van der Waals surface area contributed by atoms with Crippen molar-refractivity contribution in [1.29, 1.82) is 0 Å². The van der Waals surface area contributed by atoms with Gasteiger partial charge >= 0.3 is 0 Å². The molecule has 2 saturated heterocycles. The van der Waals surface area contributed by atoms with Gasteiger partial charge in [0.25, 0.3) is 5.91 Å². The van der Waals surface area contributed by atoms with Crippen LogP contribution in [0.4, 0.5) is 5.69 Å². The highest BCUT2D eigenvalue weighted by atomic mass is 16.5. The van der Waals surface area contributed by atoms with E-state index in [1.165, 1.54) is 6.42 Å². The second-order valence-corrected chi connectivity index (χ2v) is 6.74. The van der Waals surface area contributed by atoms with Crippen LogP contribution in [0.15, 0.2) is 24.3 Å². The number of para-hydroxylation sites is 1. The second-order valence-electron chi connectivity index (χ2n) is 6.74. The number of nitrogens with zero attached hydrogens (tertiary/aromatic N) is 2. The average Bonchev–Trinajstić information content (AvgIpc) is 2.67. The maximum Gasteiger partial charge on any atom is 0.255 e. The maximum atomic E-state index is 13.0. The Balaban J connectivity index is 1.65. The van der Waals surface area contributed by atoms with Crippen LogP contribution in [0.2, 0.25) is 0 Å². The summed E-state index contributed by atoms with van der Waals surface area (Å²) in [5.41, 5.74) is 1.90. The minimum Gasteiger partial charge on any atom is -0.378 e. The molecule has 0 aliphatic carbocycles. The molecule has 0 unspecified atom stereocenters. The Morgan fingerprint density at radius 2 is 1.88 bits per heavy atom. The van der Waals surface area contributed by atoms with E-state index in [4.69, 9.17) is 4.74 Å². The zero-order chi connectivity index (χ0) is 16.8. The number of hydrogen-bond acceptors (Lipinski definition) is 4. The van der Waals surface area contributed by atoms with Crippen LogP contribution < -0.4 is 10.2 Å². The highest BCUT2D eigenvalue weighted by molar-refractivity contribution is 5.99. The van der Waals surface area contributed by atoms with Gasteiger partial charge in [-0.1, -0.05) is 12.1 Å². The summed E-state index contributed by atoms with van der Waals surface area (Å²) in [6, 6.07) is 8.03. The van der Waals surface area contributed by atoms with Crippen LogP contribution in [-0.4, -0.2) is 63.8 Å². The number of rotatable bonds is 5. The van der Waals surface area contributed by atoms with Gasteiger partial charge in [0.05, 0.1) is 18.8 Å². The molecule has 5 heteroatoms. The molecule has 0 aromatic heterocycles. The lowest BCUT2D eigenvalue weighted by atomic mass is 9.93. The van der Waals surface area contributed by atoms with Crippen molar-refractivity contribution in [2.75, 3.05) is 57.9 Å². The fraction of sp³-hybridized carbons (Fsp3) is 0.632. The number of morpholine rings is 1. The molecule has 5 nitrogen and oxygen atoms in total. The van der Waals surface area contributed by atoms with E-state index < -0.39 is 0 Å². The topological polar surface area (TPSA) is 44.8 Å². The lowest BCUT2D eigenvalue weighted by Gasteiger charge is -2.34. The summed E-state index contributed by atoms with van der Waals surface area (Å²) in [6.07, 6.45) is 3.45. The summed E-state index contributed by atoms with van der Waals surface area (Å²) >= 11 is 0. The zero-order valence-electron chi connectivity index (χ0n) is 14.7. The second kappa shape index (κ2) is 8.49. The normalized spacial score (nSPS) is 19.5. The fourth-order valence-corrected chi connectivity index (χ4v) is 3.68. The van der Waals surface area contributed by atoms with Crippen molar-refractivity contribution in [2.24, 2.45) is 5.92 Å². The molecule has 0 bridgehead atoms. The molecule has 1 N–H and O–H groups in total. The van der Waals surface area contributed by atoms with Gasteiger partial charge in [-0.3, -0.25) is 4.79 Å². The summed E-state index contributed by atoms with van der Waals surface area (Å²) in [4.78, 5) is 17.4. The average molecular weight is 331 g/mol. The van der Waals surface area contributed by atoms with Crippen molar-refractivity contribution < 1.29 is 9.53 Å². The molecule has 0 saturated carbocycles. The lowest BCUT2D eigenvalue weighted by Crippen LogP contribution is -2.41. The number of piperidine rings is 1. The Morgan fingerprint density at radius 1 is 1.17 bits per heavy atom. The first kappa shape index (κ1) is 17.2. The van der Waals surface area contributed by atoms with E-state index in [0.717, 1.165) is 75.9 Å². The van der Waals surface area contributed by atoms with Gasteiger partial charge in [-0.25, -0.2) is 0 Å². The molecule has 0 atom stereocenters. The van der Waals surface area contributed by atoms with Crippen LogP contribution in [0.25, 0.3) is 0 Å². The highest BCUT2D eigenvalue weighted by Crippen LogP contribution is 2.26. The van der Waals surface area contributed by atoms with Gasteiger partial charge in [0, 0.05) is 31.9 Å². The van der Waals surface area contributed by atoms with Gasteiger partial charge in [-0.15, -0.1) is 0 Å². The van der Waals surface area contributed by atoms with Gasteiger partial charge in [-0.05, 0) is 50.9 Å². The molecule has 2 aliphatic rings. The number of hydrogen-bond donors (Lipinski definition) is 1. The van der Waals surface area contributed by atoms with Crippen LogP contribution in [0.5, 0.6) is 0 Å². The third-order valence-corrected chi connectivity index (χ3v) is 5.19. The van der Waals surface area contributed by atoms with Gasteiger partial charge in [0.1, 0.15) is 0 Å². The van der Waals surface area contributed by atoms with E-state index in [-0.39, 0.29) is 5.91 Å². The summed E-state index contributed by atoms with van der Waals surface area (Å²) in [6.45, 7) is 6.01. The van der Waals surface area contributed by atoms with Crippen LogP contribution in [0, 0.1) is 5.92 Å². The predicted molar refractivity (Wildman–Crippen MR) is 96.6 cm³/mol. The largest absolute Gasteiger partial charge is 0.378 e. The van der Waals surface area contributed by atoms with E-state index >= 15 is 0 Å². The third-order valence-electron chi connectivity index (χ3n) is 5.19. The molecule has 24 heavy (non-hydrogen) atoms. The van der Waals surface area contributed by atoms with Crippen molar-refractivity contribution in [2.45, 2.75) is 19.3 Å². The number of anilines is 1. The number of likely N-dealkylation sites (tertiary alicyclic amines) is 1. The molecule has 0 radical (unpaired) electrons. The molecule has 2 aliphatic heterocycles. The van der Waals surface area contributed by atoms with Gasteiger partial charge in [-0.2, -0.15) is 0 Å². The summed E-state index contributed by atoms with van der Waals surface area (Å²) < 4.78 is 5.44. The molecule has 132 valence electrons. The van der Waals surface area contributed by atoms with Crippen LogP contribution in [0.3, 0.4) is 0 Å². The van der Waals surface area contributed by atoms with E-state index in [0.29, 0.717) is 0 Å². The van der Waals surface area contributed by atoms with Crippen molar-refractivity contribution in [1.82, 2.24) is 10.2 Å². The van der Waals surface area contributed by atoms with E-state index in [9.17, 15) is 4.79 Å². The number of carbonyl (C=O) groups excluding carboxylic acids is 1. The quantitative estimate of drug-likeness (QED) is 0.896. The van der Waals surface area contributed by atoms with Crippen LogP contribution in [-0.2, 0) is 4.74 Å². The Morgan fingerprint density at radius 3 is 2.58 bits per heavy atom. The summed E-state index contributed by atoms with van der Waals surface area (Å²) in [7, 11) is 2.00. The van der Waals surface area contributed by atoms with Crippen molar-refractivity contribution in [3.05, 3.63) is 29.8 Å². The Labute approximate surface area is 145 Å². The maximum absolute atomic E-state index is 13.0. The summed E-state index contributed by atoms with van der Waals surface area (Å²) in [5, 5.41) is 3.22. The van der Waals surface area contributed by atoms with Crippen molar-refractivity contribution in [3.8, 4) is 0 Å². The number of ether oxygens (including phenoxy) is 1. The van der Waals surface area contributed by atoms with Crippen LogP contribution in [0.1, 0.15) is 29.6 Å². The number of benzene rings is 1. The monoisotopic (exact) mass is 331 g/mol.